The first-order valence-corrected chi connectivity index (χ1v) is 5.82. The van der Waals surface area contributed by atoms with Gasteiger partial charge in [-0.1, -0.05) is 0 Å². The van der Waals surface area contributed by atoms with E-state index in [1.165, 1.54) is 16.6 Å². The smallest absolute Gasteiger partial charge is 1.00 e. The minimum Gasteiger partial charge on any atom is 1.00 e. The van der Waals surface area contributed by atoms with Gasteiger partial charge in [-0.3, -0.25) is 0 Å². The summed E-state index contributed by atoms with van der Waals surface area (Å²) < 4.78 is 1.17. The van der Waals surface area contributed by atoms with Crippen molar-refractivity contribution in [3.05, 3.63) is 0 Å². The van der Waals surface area contributed by atoms with E-state index in [9.17, 15) is 5.11 Å². The Kier molecular flexibility index (Phi) is 13.6. The number of hydrogen-bond acceptors (Lipinski definition) is 2. The first-order chi connectivity index (χ1) is 5.16. The largest absolute Gasteiger partial charge is 1.00 e. The monoisotopic (exact) mass is 246 g/mol. The summed E-state index contributed by atoms with van der Waals surface area (Å²) in [6.07, 6.45) is 2.69. The van der Waals surface area contributed by atoms with Crippen molar-refractivity contribution in [2.24, 2.45) is 0 Å². The molecule has 0 rings (SSSR count). The Morgan fingerprint density at radius 1 is 1.58 bits per heavy atom. The second-order valence-electron chi connectivity index (χ2n) is 2.59. The van der Waals surface area contributed by atoms with Gasteiger partial charge in [-0.25, -0.2) is 0 Å². The Morgan fingerprint density at radius 2 is 2.17 bits per heavy atom. The first-order valence-electron chi connectivity index (χ1n) is 3.98. The molecular formula is C8H15LiOSSe. The molecule has 0 amide bonds. The summed E-state index contributed by atoms with van der Waals surface area (Å²) in [5.74, 6) is 1.14. The van der Waals surface area contributed by atoms with Crippen LogP contribution in [-0.4, -0.2) is 31.2 Å². The van der Waals surface area contributed by atoms with E-state index in [-0.39, 0.29) is 18.9 Å². The minimum absolute atomic E-state index is 0. The molecule has 0 aromatic carbocycles. The van der Waals surface area contributed by atoms with E-state index in [0.717, 1.165) is 5.75 Å². The molecule has 66 valence electrons. The normalized spacial score (nSPS) is 11.9. The molecular weight excluding hydrogens is 230 g/mol. The van der Waals surface area contributed by atoms with Crippen LogP contribution in [0.4, 0.5) is 0 Å². The molecule has 0 aromatic heterocycles. The summed E-state index contributed by atoms with van der Waals surface area (Å²) in [4.78, 5) is 0. The van der Waals surface area contributed by atoms with Crippen LogP contribution in [0, 0.1) is 0 Å². The van der Waals surface area contributed by atoms with Gasteiger partial charge in [0.05, 0.1) is 0 Å². The van der Waals surface area contributed by atoms with Gasteiger partial charge in [0.1, 0.15) is 0 Å². The molecule has 0 aliphatic carbocycles. The van der Waals surface area contributed by atoms with E-state index >= 15 is 0 Å². The number of unbranched alkanes of at least 4 members (excludes halogenated alkanes) is 1. The molecule has 0 saturated carbocycles. The van der Waals surface area contributed by atoms with Crippen LogP contribution < -0.4 is 24.0 Å². The summed E-state index contributed by atoms with van der Waals surface area (Å²) in [6, 6.07) is 0. The average molecular weight is 245 g/mol. The zero-order valence-corrected chi connectivity index (χ0v) is 10.7. The van der Waals surface area contributed by atoms with E-state index in [0.29, 0.717) is 6.42 Å². The van der Waals surface area contributed by atoms with Crippen molar-refractivity contribution >= 4 is 31.1 Å². The summed E-state index contributed by atoms with van der Waals surface area (Å²) in [5.41, 5.74) is 0. The summed E-state index contributed by atoms with van der Waals surface area (Å²) >= 11 is 4.74. The van der Waals surface area contributed by atoms with E-state index in [2.05, 4.69) is 22.5 Å². The third-order valence-corrected chi connectivity index (χ3v) is 3.29. The molecule has 0 spiro atoms. The van der Waals surface area contributed by atoms with Gasteiger partial charge in [-0.15, -0.1) is 0 Å². The van der Waals surface area contributed by atoms with Crippen LogP contribution in [0.5, 0.6) is 0 Å². The number of hydrogen-bond donors (Lipinski definition) is 0. The minimum atomic E-state index is -0.458. The Balaban J connectivity index is 0. The third-order valence-electron chi connectivity index (χ3n) is 1.22. The Labute approximate surface area is 99.6 Å². The van der Waals surface area contributed by atoms with E-state index in [1.807, 2.05) is 0 Å². The van der Waals surface area contributed by atoms with Crippen LogP contribution in [0.3, 0.4) is 0 Å². The molecule has 0 fully saturated rings. The van der Waals surface area contributed by atoms with Crippen molar-refractivity contribution < 1.29 is 24.0 Å². The van der Waals surface area contributed by atoms with E-state index < -0.39 is 6.10 Å². The van der Waals surface area contributed by atoms with Gasteiger partial charge in [-0.05, 0) is 0 Å². The maximum absolute atomic E-state index is 10.7. The van der Waals surface area contributed by atoms with Crippen molar-refractivity contribution in [3.8, 4) is 0 Å². The van der Waals surface area contributed by atoms with Gasteiger partial charge in [0.15, 0.2) is 0 Å². The van der Waals surface area contributed by atoms with Crippen molar-refractivity contribution in [2.75, 3.05) is 5.75 Å². The zero-order valence-electron chi connectivity index (χ0n) is 8.13. The van der Waals surface area contributed by atoms with Gasteiger partial charge in [0, 0.05) is 0 Å². The van der Waals surface area contributed by atoms with Gasteiger partial charge in [0.25, 0.3) is 0 Å². The molecule has 4 heteroatoms. The number of rotatable bonds is 6. The molecule has 0 N–H and O–H groups in total. The quantitative estimate of drug-likeness (QED) is 0.397. The third kappa shape index (κ3) is 11.3. The zero-order chi connectivity index (χ0) is 8.69. The van der Waals surface area contributed by atoms with Crippen molar-refractivity contribution in [3.63, 3.8) is 0 Å². The summed E-state index contributed by atoms with van der Waals surface area (Å²) in [6.45, 7) is 3.88. The maximum Gasteiger partial charge on any atom is 1.00 e. The summed E-state index contributed by atoms with van der Waals surface area (Å²) in [7, 11) is 0. The summed E-state index contributed by atoms with van der Waals surface area (Å²) in [5, 5.41) is 10.7. The van der Waals surface area contributed by atoms with Gasteiger partial charge >= 0.3 is 100 Å². The average Bonchev–Trinajstić information content (AvgIpc) is 1.86. The topological polar surface area (TPSA) is 23.1 Å². The molecule has 0 saturated heterocycles. The molecule has 0 aromatic rings. The van der Waals surface area contributed by atoms with Crippen LogP contribution in [0.25, 0.3) is 0 Å². The van der Waals surface area contributed by atoms with Crippen LogP contribution in [0.1, 0.15) is 33.1 Å². The van der Waals surface area contributed by atoms with Crippen LogP contribution >= 0.6 is 11.8 Å². The molecule has 1 atom stereocenters. The Bertz CT molecular complexity index is 120. The maximum atomic E-state index is 10.7. The molecule has 0 bridgehead atoms. The Hall–Kier alpha value is 1.30. The van der Waals surface area contributed by atoms with Crippen molar-refractivity contribution in [1.29, 1.82) is 0 Å². The number of thioether (sulfide) groups is 1. The SMILES string of the molecule is CCCCSC(=[Se])CC(C)[O-].[Li+]. The fourth-order valence-corrected chi connectivity index (χ4v) is 2.65. The van der Waals surface area contributed by atoms with Gasteiger partial charge < -0.3 is 0 Å². The van der Waals surface area contributed by atoms with Gasteiger partial charge in [-0.2, -0.15) is 0 Å². The van der Waals surface area contributed by atoms with Crippen molar-refractivity contribution in [1.82, 2.24) is 0 Å². The second kappa shape index (κ2) is 10.4. The molecule has 1 nitrogen and oxygen atoms in total. The molecule has 0 heterocycles. The molecule has 0 aliphatic heterocycles. The van der Waals surface area contributed by atoms with Crippen LogP contribution in [0.15, 0.2) is 0 Å². The van der Waals surface area contributed by atoms with Crippen molar-refractivity contribution in [2.45, 2.75) is 39.2 Å². The second-order valence-corrected chi connectivity index (χ2v) is 5.40. The van der Waals surface area contributed by atoms with Crippen LogP contribution in [-0.2, 0) is 0 Å². The molecule has 0 radical (unpaired) electrons. The fourth-order valence-electron chi connectivity index (χ4n) is 0.624. The Morgan fingerprint density at radius 3 is 2.58 bits per heavy atom. The molecule has 1 unspecified atom stereocenters. The van der Waals surface area contributed by atoms with Crippen LogP contribution in [0.2, 0.25) is 0 Å². The standard InChI is InChI=1S/C8H15OSSe.Li/c1-3-4-5-10-8(11)6-7(2)9;/h7H,3-6H2,1-2H3;/q-1;+1. The molecule has 12 heavy (non-hydrogen) atoms. The molecule has 0 aliphatic rings. The van der Waals surface area contributed by atoms with E-state index in [1.54, 1.807) is 18.7 Å². The fraction of sp³-hybridized carbons (Fsp3) is 0.875. The van der Waals surface area contributed by atoms with E-state index in [4.69, 9.17) is 0 Å². The van der Waals surface area contributed by atoms with Gasteiger partial charge in [0.2, 0.25) is 0 Å². The first kappa shape index (κ1) is 15.8. The predicted octanol–water partition coefficient (Wildman–Crippen LogP) is -2.04. The predicted molar refractivity (Wildman–Crippen MR) is 52.2 cm³/mol.